The monoisotopic (exact) mass is 909 g/mol. The van der Waals surface area contributed by atoms with Gasteiger partial charge >= 0.3 is 0 Å². The van der Waals surface area contributed by atoms with E-state index in [1.54, 1.807) is 0 Å². The van der Waals surface area contributed by atoms with Crippen LogP contribution in [0.5, 0.6) is 11.5 Å². The number of hydrogen-bond donors (Lipinski definition) is 0. The lowest BCUT2D eigenvalue weighted by atomic mass is 9.33. The van der Waals surface area contributed by atoms with E-state index in [0.717, 1.165) is 79.4 Å². The number of benzene rings is 9. The number of fused-ring (bicyclic) bond motifs is 6. The van der Waals surface area contributed by atoms with Crippen LogP contribution in [0.2, 0.25) is 0 Å². The van der Waals surface area contributed by atoms with Crippen molar-refractivity contribution in [3.63, 3.8) is 0 Å². The van der Waals surface area contributed by atoms with E-state index in [1.807, 2.05) is 0 Å². The second-order valence-electron chi connectivity index (χ2n) is 21.1. The Morgan fingerprint density at radius 3 is 1.53 bits per heavy atom. The van der Waals surface area contributed by atoms with Gasteiger partial charge in [0.15, 0.2) is 11.5 Å². The highest BCUT2D eigenvalue weighted by molar-refractivity contribution is 7.00. The fourth-order valence-corrected chi connectivity index (χ4v) is 10.8. The Balaban J connectivity index is 1.16. The predicted molar refractivity (Wildman–Crippen MR) is 294 cm³/mol. The lowest BCUT2D eigenvalue weighted by molar-refractivity contribution is 0.174. The van der Waals surface area contributed by atoms with Gasteiger partial charge in [0.1, 0.15) is 0 Å². The molecule has 3 heterocycles. The normalized spacial score (nSPS) is 13.4. The first-order chi connectivity index (χ1) is 33.9. The molecule has 3 aliphatic heterocycles. The van der Waals surface area contributed by atoms with E-state index in [2.05, 4.69) is 263 Å². The summed E-state index contributed by atoms with van der Waals surface area (Å²) in [7, 11) is 0. The second kappa shape index (κ2) is 16.6. The van der Waals surface area contributed by atoms with Crippen molar-refractivity contribution in [2.75, 3.05) is 21.5 Å². The van der Waals surface area contributed by atoms with Crippen LogP contribution in [0.4, 0.5) is 51.2 Å². The molecule has 0 atom stereocenters. The lowest BCUT2D eigenvalue weighted by Gasteiger charge is -2.45. The Kier molecular flexibility index (Phi) is 10.3. The van der Waals surface area contributed by atoms with Crippen molar-refractivity contribution in [2.45, 2.75) is 59.3 Å². The fourth-order valence-electron chi connectivity index (χ4n) is 10.8. The molecule has 0 N–H and O–H groups in total. The van der Waals surface area contributed by atoms with Crippen molar-refractivity contribution in [1.29, 1.82) is 0 Å². The van der Waals surface area contributed by atoms with Crippen LogP contribution in [-0.2, 0) is 10.8 Å². The van der Waals surface area contributed by atoms with Crippen LogP contribution < -0.4 is 40.6 Å². The fraction of sp³-hybridized carbons (Fsp3) is 0.156. The zero-order chi connectivity index (χ0) is 47.9. The van der Waals surface area contributed by atoms with Gasteiger partial charge in [-0.25, -0.2) is 0 Å². The molecule has 9 aromatic carbocycles. The molecule has 70 heavy (non-hydrogen) atoms. The number of ether oxygens (including phenoxy) is 2. The molecule has 0 bridgehead atoms. The Hall–Kier alpha value is -7.96. The summed E-state index contributed by atoms with van der Waals surface area (Å²) in [5.41, 5.74) is 22.0. The molecular formula is C64H56BN3O2. The summed E-state index contributed by atoms with van der Waals surface area (Å²) < 4.78 is 12.6. The maximum Gasteiger partial charge on any atom is 0.252 e. The van der Waals surface area contributed by atoms with Crippen molar-refractivity contribution in [3.05, 3.63) is 217 Å². The molecule has 0 amide bonds. The van der Waals surface area contributed by atoms with Gasteiger partial charge in [-0.1, -0.05) is 157 Å². The van der Waals surface area contributed by atoms with Crippen molar-refractivity contribution >= 4 is 74.3 Å². The third kappa shape index (κ3) is 7.41. The topological polar surface area (TPSA) is 28.2 Å². The van der Waals surface area contributed by atoms with E-state index >= 15 is 0 Å². The van der Waals surface area contributed by atoms with E-state index in [1.165, 1.54) is 38.6 Å². The van der Waals surface area contributed by atoms with Gasteiger partial charge in [0, 0.05) is 45.5 Å². The molecule has 0 aromatic heterocycles. The van der Waals surface area contributed by atoms with E-state index < -0.39 is 0 Å². The lowest BCUT2D eigenvalue weighted by Crippen LogP contribution is -2.61. The molecule has 6 heteroatoms. The highest BCUT2D eigenvalue weighted by Crippen LogP contribution is 2.52. The predicted octanol–water partition coefficient (Wildman–Crippen LogP) is 15.2. The molecule has 0 spiro atoms. The molecule has 5 nitrogen and oxygen atoms in total. The number of rotatable bonds is 7. The van der Waals surface area contributed by atoms with Crippen molar-refractivity contribution in [1.82, 2.24) is 0 Å². The van der Waals surface area contributed by atoms with E-state index in [0.29, 0.717) is 0 Å². The molecule has 0 radical (unpaired) electrons. The van der Waals surface area contributed by atoms with Gasteiger partial charge in [-0.05, 0) is 158 Å². The van der Waals surface area contributed by atoms with Crippen LogP contribution in [0.15, 0.2) is 200 Å². The Labute approximate surface area is 413 Å². The molecule has 0 saturated heterocycles. The van der Waals surface area contributed by atoms with Crippen molar-refractivity contribution < 1.29 is 9.47 Å². The number of hydrogen-bond acceptors (Lipinski definition) is 5. The van der Waals surface area contributed by atoms with Gasteiger partial charge in [0.25, 0.3) is 6.71 Å². The zero-order valence-electron chi connectivity index (χ0n) is 41.0. The summed E-state index contributed by atoms with van der Waals surface area (Å²) in [6, 6.07) is 73.9. The van der Waals surface area contributed by atoms with Crippen molar-refractivity contribution in [2.24, 2.45) is 0 Å². The third-order valence-corrected chi connectivity index (χ3v) is 14.3. The summed E-state index contributed by atoms with van der Waals surface area (Å²) in [6.45, 7) is 16.0. The summed E-state index contributed by atoms with van der Waals surface area (Å²) >= 11 is 0. The van der Waals surface area contributed by atoms with Gasteiger partial charge in [0.2, 0.25) is 6.79 Å². The minimum atomic E-state index is -0.116. The summed E-state index contributed by atoms with van der Waals surface area (Å²) in [4.78, 5) is 7.33. The van der Waals surface area contributed by atoms with Crippen molar-refractivity contribution in [3.8, 4) is 33.8 Å². The maximum atomic E-state index is 6.44. The molecule has 0 aliphatic carbocycles. The van der Waals surface area contributed by atoms with Gasteiger partial charge in [0.05, 0.1) is 5.69 Å². The zero-order valence-corrected chi connectivity index (χ0v) is 41.0. The molecule has 3 aliphatic rings. The van der Waals surface area contributed by atoms with Crippen LogP contribution in [0.1, 0.15) is 58.2 Å². The summed E-state index contributed by atoms with van der Waals surface area (Å²) in [5, 5.41) is 0. The largest absolute Gasteiger partial charge is 0.454 e. The summed E-state index contributed by atoms with van der Waals surface area (Å²) in [6.07, 6.45) is 0. The first kappa shape index (κ1) is 43.3. The van der Waals surface area contributed by atoms with Crippen LogP contribution in [0.25, 0.3) is 22.3 Å². The smallest absolute Gasteiger partial charge is 0.252 e. The number of anilines is 9. The number of para-hydroxylation sites is 3. The molecule has 342 valence electrons. The Morgan fingerprint density at radius 2 is 0.971 bits per heavy atom. The highest BCUT2D eigenvalue weighted by Gasteiger charge is 2.46. The average molecular weight is 910 g/mol. The Bertz CT molecular complexity index is 3320. The highest BCUT2D eigenvalue weighted by atomic mass is 16.7. The van der Waals surface area contributed by atoms with Crippen LogP contribution >= 0.6 is 0 Å². The van der Waals surface area contributed by atoms with Crippen LogP contribution in [-0.4, -0.2) is 13.5 Å². The number of aryl methyl sites for hydroxylation is 1. The second-order valence-corrected chi connectivity index (χ2v) is 21.1. The van der Waals surface area contributed by atoms with E-state index in [4.69, 9.17) is 9.47 Å². The van der Waals surface area contributed by atoms with Gasteiger partial charge < -0.3 is 24.2 Å². The molecular weight excluding hydrogens is 854 g/mol. The standard InChI is InChI=1S/C64H56BN3O2/c1-42-35-57-60-58(36-42)68(51-21-15-10-16-22-51)61-55(33-34-59-62(61)70-41-69-59)65(60)54-32-31-52(66(49-17-11-8-12-18-49)50-19-13-9-14-20-50)40-56(54)67(57)53-38-45(43-23-27-47(28-24-43)63(2,3)4)37-46(39-53)44-25-29-48(30-26-44)64(5,6)7/h8-40H,41H2,1-7H3. The molecule has 0 fully saturated rings. The van der Waals surface area contributed by atoms with Gasteiger partial charge in [-0.15, -0.1) is 0 Å². The minimum Gasteiger partial charge on any atom is -0.454 e. The average Bonchev–Trinajstić information content (AvgIpc) is 3.86. The molecule has 0 saturated carbocycles. The third-order valence-electron chi connectivity index (χ3n) is 14.3. The minimum absolute atomic E-state index is 0.0369. The van der Waals surface area contributed by atoms with Crippen LogP contribution in [0.3, 0.4) is 0 Å². The SMILES string of the molecule is Cc1cc2c3c(c1)N(c1ccccc1)c1c(ccc4c1OCO4)B3c1ccc(N(c3ccccc3)c3ccccc3)cc1N2c1cc(-c2ccc(C(C)(C)C)cc2)cc(-c2ccc(C(C)(C)C)cc2)c1. The molecule has 12 rings (SSSR count). The van der Waals surface area contributed by atoms with Gasteiger partial charge in [-0.3, -0.25) is 0 Å². The molecule has 0 unspecified atom stereocenters. The van der Waals surface area contributed by atoms with E-state index in [-0.39, 0.29) is 24.3 Å². The summed E-state index contributed by atoms with van der Waals surface area (Å²) in [5.74, 6) is 1.54. The first-order valence-corrected chi connectivity index (χ1v) is 24.5. The van der Waals surface area contributed by atoms with Gasteiger partial charge in [-0.2, -0.15) is 0 Å². The van der Waals surface area contributed by atoms with Crippen LogP contribution in [0, 0.1) is 6.92 Å². The first-order valence-electron chi connectivity index (χ1n) is 24.5. The maximum absolute atomic E-state index is 6.44. The quantitative estimate of drug-likeness (QED) is 0.149. The Morgan fingerprint density at radius 1 is 0.443 bits per heavy atom. The number of nitrogens with zero attached hydrogens (tertiary/aromatic N) is 3. The van der Waals surface area contributed by atoms with E-state index in [9.17, 15) is 0 Å². The molecule has 9 aromatic rings.